The van der Waals surface area contributed by atoms with E-state index in [9.17, 15) is 14.4 Å². The van der Waals surface area contributed by atoms with Crippen LogP contribution < -0.4 is 9.47 Å². The highest BCUT2D eigenvalue weighted by Crippen LogP contribution is 2.39. The first kappa shape index (κ1) is 21.7. The largest absolute Gasteiger partial charge is 0.493 e. The number of carbonyl (C=O) groups is 3. The molecule has 1 aliphatic rings. The zero-order valence-corrected chi connectivity index (χ0v) is 17.7. The Hall–Kier alpha value is -2.97. The molecule has 0 atom stereocenters. The second kappa shape index (κ2) is 9.23. The molecule has 1 heterocycles. The van der Waals surface area contributed by atoms with Crippen molar-refractivity contribution in [1.82, 2.24) is 4.90 Å². The zero-order valence-electron chi connectivity index (χ0n) is 16.2. The number of likely N-dealkylation sites (N-methyl/N-ethyl adjacent to an activating group) is 1. The normalized spacial score (nSPS) is 15.0. The second-order valence-electron chi connectivity index (χ2n) is 6.25. The van der Waals surface area contributed by atoms with E-state index >= 15 is 0 Å². The number of ether oxygens (including phenoxy) is 2. The van der Waals surface area contributed by atoms with Gasteiger partial charge in [0.25, 0.3) is 11.1 Å². The molecule has 0 saturated carbocycles. The molecule has 1 N–H and O–H groups in total. The molecular weight excluding hydrogens is 430 g/mol. The van der Waals surface area contributed by atoms with Crippen LogP contribution in [0.2, 0.25) is 5.02 Å². The van der Waals surface area contributed by atoms with Crippen molar-refractivity contribution in [3.8, 4) is 11.5 Å². The highest BCUT2D eigenvalue weighted by Gasteiger charge is 2.33. The lowest BCUT2D eigenvalue weighted by molar-refractivity contribution is -0.122. The summed E-state index contributed by atoms with van der Waals surface area (Å²) in [7, 11) is 1.47. The summed E-state index contributed by atoms with van der Waals surface area (Å²) >= 11 is 7.25. The van der Waals surface area contributed by atoms with Gasteiger partial charge in [0.05, 0.1) is 22.6 Å². The number of carboxylic acid groups (broad SMARTS) is 1. The number of aromatic carboxylic acids is 1. The number of benzene rings is 2. The number of thioether (sulfide) groups is 1. The molecule has 0 aliphatic carbocycles. The highest BCUT2D eigenvalue weighted by molar-refractivity contribution is 8.18. The maximum atomic E-state index is 12.3. The molecule has 2 aromatic rings. The van der Waals surface area contributed by atoms with E-state index in [1.165, 1.54) is 24.1 Å². The molecule has 1 aliphatic heterocycles. The van der Waals surface area contributed by atoms with Crippen LogP contribution >= 0.6 is 23.4 Å². The van der Waals surface area contributed by atoms with Crippen LogP contribution in [-0.2, 0) is 11.4 Å². The summed E-state index contributed by atoms with van der Waals surface area (Å²) in [6.07, 6.45) is 1.59. The molecule has 0 spiro atoms. The van der Waals surface area contributed by atoms with Gasteiger partial charge in [-0.3, -0.25) is 14.5 Å². The molecule has 7 nitrogen and oxygen atoms in total. The molecule has 3 rings (SSSR count). The van der Waals surface area contributed by atoms with Gasteiger partial charge in [0.1, 0.15) is 6.61 Å². The number of hydrogen-bond donors (Lipinski definition) is 1. The van der Waals surface area contributed by atoms with Crippen LogP contribution in [0.25, 0.3) is 6.08 Å². The van der Waals surface area contributed by atoms with E-state index in [0.717, 1.165) is 17.3 Å². The minimum Gasteiger partial charge on any atom is -0.493 e. The summed E-state index contributed by atoms with van der Waals surface area (Å²) in [4.78, 5) is 36.6. The van der Waals surface area contributed by atoms with Crippen molar-refractivity contribution in [2.24, 2.45) is 0 Å². The summed E-state index contributed by atoms with van der Waals surface area (Å²) in [6.45, 7) is 2.21. The van der Waals surface area contributed by atoms with Crippen molar-refractivity contribution < 1.29 is 29.0 Å². The molecule has 0 bridgehead atoms. The van der Waals surface area contributed by atoms with Crippen LogP contribution in [0.4, 0.5) is 4.79 Å². The number of imide groups is 1. The molecule has 1 fully saturated rings. The SMILES string of the molecule is CCN1C(=O)SC(=Cc2cc(Cl)c(OCc3ccc(C(=O)O)cc3)c(OC)c2)C1=O. The maximum Gasteiger partial charge on any atom is 0.335 e. The summed E-state index contributed by atoms with van der Waals surface area (Å²) in [5.74, 6) is -0.654. The van der Waals surface area contributed by atoms with Gasteiger partial charge in [-0.2, -0.15) is 0 Å². The van der Waals surface area contributed by atoms with Gasteiger partial charge in [-0.25, -0.2) is 4.79 Å². The van der Waals surface area contributed by atoms with Gasteiger partial charge in [-0.05, 0) is 60.2 Å². The van der Waals surface area contributed by atoms with Crippen LogP contribution in [0.5, 0.6) is 11.5 Å². The minimum atomic E-state index is -1.00. The molecule has 30 heavy (non-hydrogen) atoms. The Kier molecular flexibility index (Phi) is 6.69. The fourth-order valence-electron chi connectivity index (χ4n) is 2.79. The molecule has 1 saturated heterocycles. The van der Waals surface area contributed by atoms with Crippen LogP contribution in [0.3, 0.4) is 0 Å². The molecule has 9 heteroatoms. The summed E-state index contributed by atoms with van der Waals surface area (Å²) < 4.78 is 11.2. The van der Waals surface area contributed by atoms with Gasteiger partial charge in [0.15, 0.2) is 11.5 Å². The van der Waals surface area contributed by atoms with Crippen molar-refractivity contribution in [3.05, 3.63) is 63.0 Å². The van der Waals surface area contributed by atoms with Gasteiger partial charge in [-0.15, -0.1) is 0 Å². The standard InChI is InChI=1S/C21H18ClNO6S/c1-3-23-19(24)17(30-21(23)27)10-13-8-15(22)18(16(9-13)28-2)29-11-12-4-6-14(7-5-12)20(25)26/h4-10H,3,11H2,1-2H3,(H,25,26). The Morgan fingerprint density at radius 2 is 1.93 bits per heavy atom. The van der Waals surface area contributed by atoms with Crippen molar-refractivity contribution >= 4 is 46.6 Å². The van der Waals surface area contributed by atoms with Gasteiger partial charge in [0, 0.05) is 6.54 Å². The van der Waals surface area contributed by atoms with E-state index in [1.807, 2.05) is 0 Å². The summed E-state index contributed by atoms with van der Waals surface area (Å²) in [6, 6.07) is 9.57. The third-order valence-corrected chi connectivity index (χ3v) is 5.51. The number of rotatable bonds is 7. The molecule has 0 aromatic heterocycles. The van der Waals surface area contributed by atoms with E-state index in [0.29, 0.717) is 28.5 Å². The smallest absolute Gasteiger partial charge is 0.335 e. The van der Waals surface area contributed by atoms with Gasteiger partial charge >= 0.3 is 5.97 Å². The third-order valence-electron chi connectivity index (χ3n) is 4.32. The molecule has 2 aromatic carbocycles. The first-order valence-corrected chi connectivity index (χ1v) is 10.1. The van der Waals surface area contributed by atoms with E-state index in [2.05, 4.69) is 0 Å². The summed E-state index contributed by atoms with van der Waals surface area (Å²) in [5, 5.41) is 8.93. The van der Waals surface area contributed by atoms with Gasteiger partial charge in [0.2, 0.25) is 0 Å². The number of amides is 2. The van der Waals surface area contributed by atoms with E-state index in [4.69, 9.17) is 26.2 Å². The predicted octanol–water partition coefficient (Wildman–Crippen LogP) is 4.68. The number of hydrogen-bond acceptors (Lipinski definition) is 6. The molecule has 156 valence electrons. The third kappa shape index (κ3) is 4.60. The Morgan fingerprint density at radius 1 is 1.23 bits per heavy atom. The zero-order chi connectivity index (χ0) is 21.8. The van der Waals surface area contributed by atoms with Crippen molar-refractivity contribution in [2.75, 3.05) is 13.7 Å². The topological polar surface area (TPSA) is 93.1 Å². The van der Waals surface area contributed by atoms with Gasteiger partial charge in [-0.1, -0.05) is 23.7 Å². The fraction of sp³-hybridized carbons (Fsp3) is 0.190. The highest BCUT2D eigenvalue weighted by atomic mass is 35.5. The Bertz CT molecular complexity index is 1030. The number of methoxy groups -OCH3 is 1. The predicted molar refractivity (Wildman–Crippen MR) is 114 cm³/mol. The lowest BCUT2D eigenvalue weighted by Gasteiger charge is -2.14. The number of carbonyl (C=O) groups excluding carboxylic acids is 2. The Morgan fingerprint density at radius 3 is 2.50 bits per heavy atom. The number of carboxylic acids is 1. The monoisotopic (exact) mass is 447 g/mol. The van der Waals surface area contributed by atoms with Crippen LogP contribution in [0, 0.1) is 0 Å². The first-order chi connectivity index (χ1) is 14.3. The number of nitrogens with zero attached hydrogens (tertiary/aromatic N) is 1. The van der Waals surface area contributed by atoms with Crippen LogP contribution in [0.1, 0.15) is 28.4 Å². The average Bonchev–Trinajstić information content (AvgIpc) is 2.99. The lowest BCUT2D eigenvalue weighted by Crippen LogP contribution is -2.27. The van der Waals surface area contributed by atoms with Crippen LogP contribution in [-0.4, -0.2) is 40.8 Å². The molecule has 2 amide bonds. The van der Waals surface area contributed by atoms with E-state index < -0.39 is 5.97 Å². The Labute approximate surface area is 182 Å². The van der Waals surface area contributed by atoms with Crippen molar-refractivity contribution in [3.63, 3.8) is 0 Å². The molecule has 0 radical (unpaired) electrons. The fourth-order valence-corrected chi connectivity index (χ4v) is 3.96. The quantitative estimate of drug-likeness (QED) is 0.616. The molecular formula is C21H18ClNO6S. The Balaban J connectivity index is 1.81. The van der Waals surface area contributed by atoms with Crippen LogP contribution in [0.15, 0.2) is 41.3 Å². The van der Waals surface area contributed by atoms with Gasteiger partial charge < -0.3 is 14.6 Å². The minimum absolute atomic E-state index is 0.157. The lowest BCUT2D eigenvalue weighted by atomic mass is 10.1. The van der Waals surface area contributed by atoms with Crippen molar-refractivity contribution in [1.29, 1.82) is 0 Å². The summed E-state index contributed by atoms with van der Waals surface area (Å²) in [5.41, 5.74) is 1.54. The second-order valence-corrected chi connectivity index (χ2v) is 7.65. The first-order valence-electron chi connectivity index (χ1n) is 8.92. The molecule has 0 unspecified atom stereocenters. The van der Waals surface area contributed by atoms with E-state index in [-0.39, 0.29) is 28.3 Å². The van der Waals surface area contributed by atoms with E-state index in [1.54, 1.807) is 37.3 Å². The number of halogens is 1. The average molecular weight is 448 g/mol. The van der Waals surface area contributed by atoms with Crippen molar-refractivity contribution in [2.45, 2.75) is 13.5 Å². The maximum absolute atomic E-state index is 12.3.